The second-order valence-electron chi connectivity index (χ2n) is 7.82. The molecule has 2 N–H and O–H groups in total. The number of aromatic nitrogens is 2. The van der Waals surface area contributed by atoms with Crippen molar-refractivity contribution in [3.8, 4) is 11.1 Å². The lowest BCUT2D eigenvalue weighted by molar-refractivity contribution is 0.115. The molecule has 4 heterocycles. The van der Waals surface area contributed by atoms with Crippen LogP contribution >= 0.6 is 0 Å². The van der Waals surface area contributed by atoms with Crippen molar-refractivity contribution in [1.29, 1.82) is 0 Å². The van der Waals surface area contributed by atoms with Crippen LogP contribution in [0.1, 0.15) is 12.7 Å². The lowest BCUT2D eigenvalue weighted by Gasteiger charge is -2.38. The summed E-state index contributed by atoms with van der Waals surface area (Å²) in [6, 6.07) is 5.38. The Morgan fingerprint density at radius 1 is 1.30 bits per heavy atom. The number of aryl methyl sites for hydroxylation is 1. The molecular formula is C20H25N5O4S. The maximum atomic E-state index is 12.7. The van der Waals surface area contributed by atoms with Gasteiger partial charge in [0.05, 0.1) is 18.2 Å². The van der Waals surface area contributed by atoms with Crippen LogP contribution in [0, 0.1) is 0 Å². The zero-order valence-electron chi connectivity index (χ0n) is 17.2. The van der Waals surface area contributed by atoms with Gasteiger partial charge in [0.25, 0.3) is 5.56 Å². The van der Waals surface area contributed by atoms with E-state index in [0.29, 0.717) is 48.7 Å². The molecule has 1 atom stereocenters. The molecule has 1 saturated heterocycles. The minimum atomic E-state index is -3.20. The van der Waals surface area contributed by atoms with Gasteiger partial charge in [-0.05, 0) is 30.7 Å². The molecule has 30 heavy (non-hydrogen) atoms. The smallest absolute Gasteiger partial charge is 0.261 e. The Hall–Kier alpha value is -2.69. The lowest BCUT2D eigenvalue weighted by Crippen LogP contribution is -2.52. The largest absolute Gasteiger partial charge is 0.459 e. The highest BCUT2D eigenvalue weighted by atomic mass is 32.2. The Morgan fingerprint density at radius 2 is 2.07 bits per heavy atom. The molecule has 1 fully saturated rings. The first-order valence-electron chi connectivity index (χ1n) is 9.66. The van der Waals surface area contributed by atoms with Crippen LogP contribution in [0.4, 0.5) is 5.82 Å². The third-order valence-corrected chi connectivity index (χ3v) is 6.82. The van der Waals surface area contributed by atoms with Gasteiger partial charge in [0.15, 0.2) is 0 Å². The van der Waals surface area contributed by atoms with Crippen LogP contribution in [0.2, 0.25) is 0 Å². The average Bonchev–Trinajstić information content (AvgIpc) is 3.09. The molecule has 10 heteroatoms. The molecule has 0 aromatic carbocycles. The maximum Gasteiger partial charge on any atom is 0.261 e. The molecule has 1 aliphatic rings. The Kier molecular flexibility index (Phi) is 5.16. The lowest BCUT2D eigenvalue weighted by atomic mass is 10.1. The van der Waals surface area contributed by atoms with E-state index < -0.39 is 10.0 Å². The monoisotopic (exact) mass is 431 g/mol. The molecule has 3 aromatic heterocycles. The zero-order valence-corrected chi connectivity index (χ0v) is 18.0. The van der Waals surface area contributed by atoms with Crippen molar-refractivity contribution in [2.24, 2.45) is 7.05 Å². The van der Waals surface area contributed by atoms with Crippen LogP contribution in [0.15, 0.2) is 39.8 Å². The molecule has 4 rings (SSSR count). The summed E-state index contributed by atoms with van der Waals surface area (Å²) in [7, 11) is -1.50. The van der Waals surface area contributed by atoms with Crippen LogP contribution in [0.3, 0.4) is 0 Å². The van der Waals surface area contributed by atoms with Crippen LogP contribution in [-0.2, 0) is 23.6 Å². The third kappa shape index (κ3) is 3.85. The van der Waals surface area contributed by atoms with Gasteiger partial charge in [-0.1, -0.05) is 0 Å². The number of piperazine rings is 1. The predicted octanol–water partition coefficient (Wildman–Crippen LogP) is 1.24. The quantitative estimate of drug-likeness (QED) is 0.661. The summed E-state index contributed by atoms with van der Waals surface area (Å²) in [5, 5.41) is 0.503. The van der Waals surface area contributed by atoms with Crippen molar-refractivity contribution >= 4 is 26.8 Å². The summed E-state index contributed by atoms with van der Waals surface area (Å²) >= 11 is 0. The highest BCUT2D eigenvalue weighted by molar-refractivity contribution is 7.88. The number of nitrogens with two attached hydrogens (primary N) is 1. The van der Waals surface area contributed by atoms with Crippen LogP contribution < -0.4 is 11.3 Å². The van der Waals surface area contributed by atoms with E-state index in [1.165, 1.54) is 15.1 Å². The summed E-state index contributed by atoms with van der Waals surface area (Å²) in [6.45, 7) is 3.95. The topological polar surface area (TPSA) is 115 Å². The van der Waals surface area contributed by atoms with E-state index >= 15 is 0 Å². The molecule has 1 unspecified atom stereocenters. The van der Waals surface area contributed by atoms with Crippen molar-refractivity contribution in [3.63, 3.8) is 0 Å². The average molecular weight is 432 g/mol. The van der Waals surface area contributed by atoms with Crippen molar-refractivity contribution in [3.05, 3.63) is 46.7 Å². The van der Waals surface area contributed by atoms with Gasteiger partial charge >= 0.3 is 0 Å². The first kappa shape index (κ1) is 20.6. The maximum absolute atomic E-state index is 12.7. The Labute approximate surface area is 174 Å². The fraction of sp³-hybridized carbons (Fsp3) is 0.400. The highest BCUT2D eigenvalue weighted by Crippen LogP contribution is 2.30. The number of rotatable bonds is 4. The van der Waals surface area contributed by atoms with Gasteiger partial charge in [-0.15, -0.1) is 0 Å². The minimum Gasteiger partial charge on any atom is -0.459 e. The summed E-state index contributed by atoms with van der Waals surface area (Å²) in [4.78, 5) is 18.9. The number of hydrogen-bond acceptors (Lipinski definition) is 7. The van der Waals surface area contributed by atoms with Gasteiger partial charge in [-0.25, -0.2) is 13.4 Å². The standard InChI is InChI=1S/C20H25N5O4S/c1-13-10-25(30(3,27)28)7-6-24(13)11-15-9-16-19(29-15)17(12-23(2)20(16)26)14-4-5-22-18(21)8-14/h4-5,8-9,12-13H,6-7,10-11H2,1-3H3,(H2,21,22). The Balaban J connectivity index is 1.68. The second-order valence-corrected chi connectivity index (χ2v) is 9.81. The van der Waals surface area contributed by atoms with Crippen molar-refractivity contribution in [1.82, 2.24) is 18.8 Å². The van der Waals surface area contributed by atoms with E-state index in [1.807, 2.05) is 13.0 Å². The summed E-state index contributed by atoms with van der Waals surface area (Å²) < 4.78 is 32.8. The number of hydrogen-bond donors (Lipinski definition) is 1. The van der Waals surface area contributed by atoms with Gasteiger partial charge in [0, 0.05) is 50.7 Å². The van der Waals surface area contributed by atoms with Crippen LogP contribution in [0.25, 0.3) is 22.1 Å². The van der Waals surface area contributed by atoms with Crippen LogP contribution in [-0.4, -0.2) is 59.1 Å². The van der Waals surface area contributed by atoms with Crippen molar-refractivity contribution in [2.45, 2.75) is 19.5 Å². The number of furan rings is 1. The van der Waals surface area contributed by atoms with Gasteiger partial charge in [0.1, 0.15) is 17.2 Å². The number of anilines is 1. The number of pyridine rings is 2. The molecular weight excluding hydrogens is 406 g/mol. The summed E-state index contributed by atoms with van der Waals surface area (Å²) in [5.41, 5.74) is 7.79. The third-order valence-electron chi connectivity index (χ3n) is 5.55. The van der Waals surface area contributed by atoms with E-state index in [-0.39, 0.29) is 11.6 Å². The number of nitrogens with zero attached hydrogens (tertiary/aromatic N) is 4. The minimum absolute atomic E-state index is 0.0315. The van der Waals surface area contributed by atoms with Gasteiger partial charge in [-0.3, -0.25) is 9.69 Å². The molecule has 3 aromatic rings. The SMILES string of the molecule is CC1CN(S(C)(=O)=O)CCN1Cc1cc2c(=O)n(C)cc(-c3ccnc(N)c3)c2o1. The summed E-state index contributed by atoms with van der Waals surface area (Å²) in [6.07, 6.45) is 4.59. The second kappa shape index (κ2) is 7.53. The summed E-state index contributed by atoms with van der Waals surface area (Å²) in [5.74, 6) is 1.05. The van der Waals surface area contributed by atoms with E-state index in [4.69, 9.17) is 10.2 Å². The van der Waals surface area contributed by atoms with Gasteiger partial charge in [0.2, 0.25) is 10.0 Å². The Bertz CT molecular complexity index is 1260. The van der Waals surface area contributed by atoms with Crippen LogP contribution in [0.5, 0.6) is 0 Å². The molecule has 0 bridgehead atoms. The van der Waals surface area contributed by atoms with Crippen molar-refractivity contribution in [2.75, 3.05) is 31.6 Å². The first-order chi connectivity index (χ1) is 14.1. The molecule has 0 amide bonds. The zero-order chi connectivity index (χ0) is 21.6. The number of nitrogen functional groups attached to an aromatic ring is 1. The van der Waals surface area contributed by atoms with E-state index in [1.54, 1.807) is 31.6 Å². The number of fused-ring (bicyclic) bond motifs is 1. The molecule has 1 aliphatic heterocycles. The van der Waals surface area contributed by atoms with E-state index in [2.05, 4.69) is 9.88 Å². The van der Waals surface area contributed by atoms with E-state index in [0.717, 1.165) is 11.1 Å². The Morgan fingerprint density at radius 3 is 2.73 bits per heavy atom. The molecule has 0 saturated carbocycles. The number of sulfonamides is 1. The highest BCUT2D eigenvalue weighted by Gasteiger charge is 2.29. The van der Waals surface area contributed by atoms with Gasteiger partial charge < -0.3 is 14.7 Å². The molecule has 0 spiro atoms. The van der Waals surface area contributed by atoms with Gasteiger partial charge in [-0.2, -0.15) is 4.31 Å². The fourth-order valence-corrected chi connectivity index (χ4v) is 4.80. The van der Waals surface area contributed by atoms with Crippen molar-refractivity contribution < 1.29 is 12.8 Å². The molecule has 9 nitrogen and oxygen atoms in total. The normalized spacial score (nSPS) is 18.8. The molecule has 0 radical (unpaired) electrons. The van der Waals surface area contributed by atoms with E-state index in [9.17, 15) is 13.2 Å². The first-order valence-corrected chi connectivity index (χ1v) is 11.5. The predicted molar refractivity (Wildman–Crippen MR) is 115 cm³/mol. The molecule has 160 valence electrons. The molecule has 0 aliphatic carbocycles. The fourth-order valence-electron chi connectivity index (χ4n) is 3.90.